The summed E-state index contributed by atoms with van der Waals surface area (Å²) in [6.45, 7) is 4.63. The molecule has 29 heavy (non-hydrogen) atoms. The van der Waals surface area contributed by atoms with Crippen molar-refractivity contribution in [1.82, 2.24) is 16.0 Å². The predicted molar refractivity (Wildman–Crippen MR) is 129 cm³/mol. The van der Waals surface area contributed by atoms with Gasteiger partial charge in [-0.15, -0.1) is 35.3 Å². The average Bonchev–Trinajstić information content (AvgIpc) is 3.26. The van der Waals surface area contributed by atoms with Crippen molar-refractivity contribution in [1.29, 1.82) is 0 Å². The maximum Gasteiger partial charge on any atom is 0.261 e. The number of thiophene rings is 1. The van der Waals surface area contributed by atoms with Crippen LogP contribution in [-0.2, 0) is 6.54 Å². The normalized spacial score (nSPS) is 10.7. The Morgan fingerprint density at radius 1 is 1.07 bits per heavy atom. The van der Waals surface area contributed by atoms with Gasteiger partial charge in [-0.3, -0.25) is 4.79 Å². The molecule has 7 nitrogen and oxygen atoms in total. The number of nitrogens with one attached hydrogen (secondary N) is 3. The highest BCUT2D eigenvalue weighted by Crippen LogP contribution is 2.27. The van der Waals surface area contributed by atoms with Crippen molar-refractivity contribution in [3.05, 3.63) is 46.2 Å². The molecule has 1 heterocycles. The number of halogens is 1. The van der Waals surface area contributed by atoms with E-state index in [0.29, 0.717) is 31.1 Å². The number of nitrogens with zero attached hydrogens (tertiary/aromatic N) is 1. The number of amides is 1. The van der Waals surface area contributed by atoms with Gasteiger partial charge in [0.2, 0.25) is 0 Å². The van der Waals surface area contributed by atoms with Crippen LogP contribution in [0.25, 0.3) is 0 Å². The Hall–Kier alpha value is -2.01. The van der Waals surface area contributed by atoms with Gasteiger partial charge in [0.15, 0.2) is 17.5 Å². The van der Waals surface area contributed by atoms with E-state index < -0.39 is 0 Å². The number of hydrogen-bond donors (Lipinski definition) is 3. The molecule has 1 amide bonds. The second-order valence-electron chi connectivity index (χ2n) is 5.90. The van der Waals surface area contributed by atoms with Gasteiger partial charge >= 0.3 is 0 Å². The highest BCUT2D eigenvalue weighted by atomic mass is 127. The van der Waals surface area contributed by atoms with Crippen LogP contribution < -0.4 is 25.4 Å². The number of hydrogen-bond acceptors (Lipinski definition) is 5. The Kier molecular flexibility index (Phi) is 12.1. The lowest BCUT2D eigenvalue weighted by Gasteiger charge is -2.12. The van der Waals surface area contributed by atoms with Crippen molar-refractivity contribution in [2.24, 2.45) is 4.99 Å². The smallest absolute Gasteiger partial charge is 0.261 e. The van der Waals surface area contributed by atoms with Crippen LogP contribution in [-0.4, -0.2) is 45.7 Å². The van der Waals surface area contributed by atoms with Crippen molar-refractivity contribution in [3.8, 4) is 11.5 Å². The zero-order chi connectivity index (χ0) is 20.2. The van der Waals surface area contributed by atoms with Crippen LogP contribution in [0.15, 0.2) is 40.7 Å². The van der Waals surface area contributed by atoms with Gasteiger partial charge in [-0.2, -0.15) is 0 Å². The molecule has 0 radical (unpaired) electrons. The summed E-state index contributed by atoms with van der Waals surface area (Å²) in [5.74, 6) is 2.10. The molecule has 1 aromatic carbocycles. The van der Waals surface area contributed by atoms with E-state index in [-0.39, 0.29) is 29.9 Å². The standard InChI is InChI=1S/C20H28N4O3S.HI/c1-4-21-20(23-11-6-10-22-19(25)18-7-5-12-28-18)24-14-15-8-9-16(26-2)17(13-15)27-3;/h5,7-9,12-13H,4,6,10-11,14H2,1-3H3,(H,22,25)(H2,21,23,24);1H. The van der Waals surface area contributed by atoms with Crippen LogP contribution >= 0.6 is 35.3 Å². The molecule has 3 N–H and O–H groups in total. The van der Waals surface area contributed by atoms with Gasteiger partial charge in [-0.1, -0.05) is 12.1 Å². The Morgan fingerprint density at radius 2 is 1.83 bits per heavy atom. The molecule has 9 heteroatoms. The minimum absolute atomic E-state index is 0. The number of ether oxygens (including phenoxy) is 2. The first kappa shape index (κ1) is 25.0. The number of guanidine groups is 1. The summed E-state index contributed by atoms with van der Waals surface area (Å²) in [6.07, 6.45) is 0.803. The summed E-state index contributed by atoms with van der Waals surface area (Å²) in [5, 5.41) is 11.3. The number of methoxy groups -OCH3 is 2. The largest absolute Gasteiger partial charge is 0.493 e. The van der Waals surface area contributed by atoms with Crippen LogP contribution in [0.2, 0.25) is 0 Å². The first-order valence-electron chi connectivity index (χ1n) is 9.22. The van der Waals surface area contributed by atoms with Gasteiger partial charge < -0.3 is 25.4 Å². The van der Waals surface area contributed by atoms with E-state index in [9.17, 15) is 4.79 Å². The molecule has 0 saturated carbocycles. The molecule has 0 aliphatic carbocycles. The molecular formula is C20H29IN4O3S. The third-order valence-corrected chi connectivity index (χ3v) is 4.76. The van der Waals surface area contributed by atoms with Gasteiger partial charge in [-0.05, 0) is 42.5 Å². The second-order valence-corrected chi connectivity index (χ2v) is 6.85. The summed E-state index contributed by atoms with van der Waals surface area (Å²) >= 11 is 1.44. The van der Waals surface area contributed by atoms with Gasteiger partial charge in [0.1, 0.15) is 0 Å². The molecule has 0 saturated heterocycles. The van der Waals surface area contributed by atoms with Gasteiger partial charge in [0.25, 0.3) is 5.91 Å². The number of carbonyl (C=O) groups excluding carboxylic acids is 1. The average molecular weight is 532 g/mol. The van der Waals surface area contributed by atoms with Crippen LogP contribution in [0.3, 0.4) is 0 Å². The van der Waals surface area contributed by atoms with Crippen LogP contribution in [0.4, 0.5) is 0 Å². The summed E-state index contributed by atoms with van der Waals surface area (Å²) in [4.78, 5) is 17.2. The highest BCUT2D eigenvalue weighted by molar-refractivity contribution is 14.0. The van der Waals surface area contributed by atoms with Crippen LogP contribution in [0.1, 0.15) is 28.6 Å². The van der Waals surface area contributed by atoms with Crippen molar-refractivity contribution >= 4 is 47.2 Å². The van der Waals surface area contributed by atoms with Crippen molar-refractivity contribution < 1.29 is 14.3 Å². The van der Waals surface area contributed by atoms with Crippen molar-refractivity contribution in [2.75, 3.05) is 33.9 Å². The lowest BCUT2D eigenvalue weighted by molar-refractivity contribution is 0.0957. The summed E-state index contributed by atoms with van der Waals surface area (Å²) in [6, 6.07) is 9.46. The summed E-state index contributed by atoms with van der Waals surface area (Å²) in [5.41, 5.74) is 1.03. The fraction of sp³-hybridized carbons (Fsp3) is 0.400. The van der Waals surface area contributed by atoms with Gasteiger partial charge in [0, 0.05) is 19.6 Å². The third-order valence-electron chi connectivity index (χ3n) is 3.89. The molecular weight excluding hydrogens is 503 g/mol. The molecule has 0 bridgehead atoms. The third kappa shape index (κ3) is 8.48. The molecule has 0 aliphatic heterocycles. The summed E-state index contributed by atoms with van der Waals surface area (Å²) in [7, 11) is 3.24. The van der Waals surface area contributed by atoms with Crippen molar-refractivity contribution in [3.63, 3.8) is 0 Å². The second kappa shape index (κ2) is 14.0. The molecule has 0 atom stereocenters. The van der Waals surface area contributed by atoms with E-state index in [4.69, 9.17) is 9.47 Å². The van der Waals surface area contributed by atoms with Crippen LogP contribution in [0, 0.1) is 0 Å². The Balaban J connectivity index is 0.00000420. The number of carbonyl (C=O) groups is 1. The zero-order valence-electron chi connectivity index (χ0n) is 17.0. The fourth-order valence-electron chi connectivity index (χ4n) is 2.48. The Labute approximate surface area is 193 Å². The SMILES string of the molecule is CCNC(=NCc1ccc(OC)c(OC)c1)NCCCNC(=O)c1cccs1.I. The molecule has 2 aromatic rings. The molecule has 160 valence electrons. The quantitative estimate of drug-likeness (QED) is 0.190. The monoisotopic (exact) mass is 532 g/mol. The fourth-order valence-corrected chi connectivity index (χ4v) is 3.12. The van der Waals surface area contributed by atoms with E-state index in [1.807, 2.05) is 42.6 Å². The molecule has 0 aliphatic rings. The zero-order valence-corrected chi connectivity index (χ0v) is 20.1. The topological polar surface area (TPSA) is 84.0 Å². The minimum Gasteiger partial charge on any atom is -0.493 e. The summed E-state index contributed by atoms with van der Waals surface area (Å²) < 4.78 is 10.6. The number of rotatable bonds is 10. The minimum atomic E-state index is -0.0240. The molecule has 0 fully saturated rings. The Morgan fingerprint density at radius 3 is 2.48 bits per heavy atom. The van der Waals surface area contributed by atoms with E-state index in [0.717, 1.165) is 29.4 Å². The molecule has 1 aromatic heterocycles. The first-order chi connectivity index (χ1) is 13.7. The lowest BCUT2D eigenvalue weighted by atomic mass is 10.2. The predicted octanol–water partition coefficient (Wildman–Crippen LogP) is 3.26. The maximum absolute atomic E-state index is 11.9. The first-order valence-corrected chi connectivity index (χ1v) is 10.1. The van der Waals surface area contributed by atoms with E-state index in [1.165, 1.54) is 11.3 Å². The number of aliphatic imine (C=N–C) groups is 1. The van der Waals surface area contributed by atoms with Crippen molar-refractivity contribution in [2.45, 2.75) is 19.9 Å². The maximum atomic E-state index is 11.9. The highest BCUT2D eigenvalue weighted by Gasteiger charge is 2.06. The molecule has 2 rings (SSSR count). The molecule has 0 unspecified atom stereocenters. The van der Waals surface area contributed by atoms with E-state index in [2.05, 4.69) is 20.9 Å². The lowest BCUT2D eigenvalue weighted by Crippen LogP contribution is -2.38. The van der Waals surface area contributed by atoms with E-state index >= 15 is 0 Å². The Bertz CT molecular complexity index is 769. The molecule has 0 spiro atoms. The van der Waals surface area contributed by atoms with Gasteiger partial charge in [0.05, 0.1) is 25.6 Å². The van der Waals surface area contributed by atoms with Gasteiger partial charge in [-0.25, -0.2) is 4.99 Å². The van der Waals surface area contributed by atoms with E-state index in [1.54, 1.807) is 14.2 Å². The van der Waals surface area contributed by atoms with Crippen LogP contribution in [0.5, 0.6) is 11.5 Å². The number of benzene rings is 1.